The van der Waals surface area contributed by atoms with Gasteiger partial charge in [0.1, 0.15) is 17.6 Å². The van der Waals surface area contributed by atoms with Gasteiger partial charge in [-0.1, -0.05) is 0 Å². The van der Waals surface area contributed by atoms with Gasteiger partial charge in [0.05, 0.1) is 24.1 Å². The van der Waals surface area contributed by atoms with Crippen LogP contribution in [0.1, 0.15) is 21.6 Å². The topological polar surface area (TPSA) is 51.6 Å². The van der Waals surface area contributed by atoms with Gasteiger partial charge in [-0.2, -0.15) is 0 Å². The Balaban J connectivity index is 2.41. The van der Waals surface area contributed by atoms with E-state index in [2.05, 4.69) is 4.98 Å². The van der Waals surface area contributed by atoms with Crippen LogP contribution in [0, 0.1) is 6.92 Å². The second-order valence-corrected chi connectivity index (χ2v) is 5.06. The van der Waals surface area contributed by atoms with Crippen LogP contribution in [0.15, 0.2) is 24.4 Å². The molecule has 5 heteroatoms. The van der Waals surface area contributed by atoms with Gasteiger partial charge >= 0.3 is 0 Å². The molecule has 1 atom stereocenters. The van der Waals surface area contributed by atoms with Crippen molar-refractivity contribution >= 4 is 11.3 Å². The zero-order valence-electron chi connectivity index (χ0n) is 10.5. The van der Waals surface area contributed by atoms with Crippen LogP contribution in [0.5, 0.6) is 11.5 Å². The highest BCUT2D eigenvalue weighted by molar-refractivity contribution is 7.11. The molecule has 2 rings (SSSR count). The molecule has 0 spiro atoms. The largest absolute Gasteiger partial charge is 0.497 e. The normalized spacial score (nSPS) is 12.2. The standard InChI is InChI=1S/C13H15NO3S/c1-8-14-7-12(18-8)13(15)10-6-9(16-2)4-5-11(10)17-3/h4-7,13,15H,1-3H3. The molecular formula is C13H15NO3S. The second-order valence-electron chi connectivity index (χ2n) is 3.79. The lowest BCUT2D eigenvalue weighted by molar-refractivity contribution is 0.217. The van der Waals surface area contributed by atoms with E-state index < -0.39 is 6.10 Å². The molecule has 0 aliphatic carbocycles. The van der Waals surface area contributed by atoms with Gasteiger partial charge in [0.25, 0.3) is 0 Å². The molecule has 1 aromatic carbocycles. The number of thiazole rings is 1. The smallest absolute Gasteiger partial charge is 0.125 e. The van der Waals surface area contributed by atoms with E-state index >= 15 is 0 Å². The van der Waals surface area contributed by atoms with Crippen molar-refractivity contribution in [2.45, 2.75) is 13.0 Å². The maximum absolute atomic E-state index is 10.4. The van der Waals surface area contributed by atoms with E-state index in [1.54, 1.807) is 38.6 Å². The van der Waals surface area contributed by atoms with Crippen LogP contribution in [0.4, 0.5) is 0 Å². The Hall–Kier alpha value is -1.59. The number of aryl methyl sites for hydroxylation is 1. The average Bonchev–Trinajstić information content (AvgIpc) is 2.83. The first-order valence-electron chi connectivity index (χ1n) is 5.48. The molecule has 0 saturated carbocycles. The third-order valence-corrected chi connectivity index (χ3v) is 3.61. The third kappa shape index (κ3) is 2.47. The van der Waals surface area contributed by atoms with Gasteiger partial charge in [-0.25, -0.2) is 4.98 Å². The summed E-state index contributed by atoms with van der Waals surface area (Å²) >= 11 is 1.47. The van der Waals surface area contributed by atoms with Gasteiger partial charge in [0.15, 0.2) is 0 Å². The third-order valence-electron chi connectivity index (χ3n) is 2.64. The predicted octanol–water partition coefficient (Wildman–Crippen LogP) is 2.55. The average molecular weight is 265 g/mol. The molecule has 1 aromatic heterocycles. The number of hydrogen-bond acceptors (Lipinski definition) is 5. The summed E-state index contributed by atoms with van der Waals surface area (Å²) in [5.41, 5.74) is 0.681. The molecule has 0 aliphatic heterocycles. The number of benzene rings is 1. The van der Waals surface area contributed by atoms with Crippen molar-refractivity contribution in [3.05, 3.63) is 39.8 Å². The Labute approximate surface area is 110 Å². The van der Waals surface area contributed by atoms with Crippen LogP contribution < -0.4 is 9.47 Å². The zero-order valence-corrected chi connectivity index (χ0v) is 11.3. The van der Waals surface area contributed by atoms with Gasteiger partial charge in [0.2, 0.25) is 0 Å². The van der Waals surface area contributed by atoms with E-state index in [9.17, 15) is 5.11 Å². The minimum atomic E-state index is -0.749. The number of nitrogens with zero attached hydrogens (tertiary/aromatic N) is 1. The fraction of sp³-hybridized carbons (Fsp3) is 0.308. The molecule has 18 heavy (non-hydrogen) atoms. The molecule has 0 bridgehead atoms. The SMILES string of the molecule is COc1ccc(OC)c(C(O)c2cnc(C)s2)c1. The van der Waals surface area contributed by atoms with E-state index in [0.29, 0.717) is 17.1 Å². The van der Waals surface area contributed by atoms with Gasteiger partial charge < -0.3 is 14.6 Å². The minimum Gasteiger partial charge on any atom is -0.497 e. The Morgan fingerprint density at radius 1 is 1.28 bits per heavy atom. The monoisotopic (exact) mass is 265 g/mol. The lowest BCUT2D eigenvalue weighted by Gasteiger charge is -2.14. The van der Waals surface area contributed by atoms with Crippen LogP contribution in [0.25, 0.3) is 0 Å². The number of ether oxygens (including phenoxy) is 2. The number of aliphatic hydroxyl groups excluding tert-OH is 1. The van der Waals surface area contributed by atoms with Gasteiger partial charge in [-0.15, -0.1) is 11.3 Å². The van der Waals surface area contributed by atoms with E-state index in [-0.39, 0.29) is 0 Å². The van der Waals surface area contributed by atoms with E-state index in [4.69, 9.17) is 9.47 Å². The van der Waals surface area contributed by atoms with Crippen molar-refractivity contribution in [2.24, 2.45) is 0 Å². The van der Waals surface area contributed by atoms with Crippen molar-refractivity contribution in [1.29, 1.82) is 0 Å². The summed E-state index contributed by atoms with van der Waals surface area (Å²) in [6, 6.07) is 5.36. The van der Waals surface area contributed by atoms with Gasteiger partial charge in [-0.3, -0.25) is 0 Å². The minimum absolute atomic E-state index is 0.634. The van der Waals surface area contributed by atoms with Crippen molar-refractivity contribution in [3.8, 4) is 11.5 Å². The highest BCUT2D eigenvalue weighted by atomic mass is 32.1. The molecule has 96 valence electrons. The lowest BCUT2D eigenvalue weighted by atomic mass is 10.1. The Bertz CT molecular complexity index is 539. The number of aromatic nitrogens is 1. The number of methoxy groups -OCH3 is 2. The molecule has 0 amide bonds. The van der Waals surface area contributed by atoms with Crippen molar-refractivity contribution in [2.75, 3.05) is 14.2 Å². The summed E-state index contributed by atoms with van der Waals surface area (Å²) in [5.74, 6) is 1.32. The van der Waals surface area contributed by atoms with Gasteiger partial charge in [0, 0.05) is 11.8 Å². The maximum atomic E-state index is 10.4. The molecule has 1 heterocycles. The second kappa shape index (κ2) is 5.37. The van der Waals surface area contributed by atoms with Crippen LogP contribution in [0.3, 0.4) is 0 Å². The van der Waals surface area contributed by atoms with Gasteiger partial charge in [-0.05, 0) is 25.1 Å². The maximum Gasteiger partial charge on any atom is 0.125 e. The van der Waals surface area contributed by atoms with E-state index in [0.717, 1.165) is 9.88 Å². The Kier molecular flexibility index (Phi) is 3.84. The fourth-order valence-corrected chi connectivity index (χ4v) is 2.50. The van der Waals surface area contributed by atoms with Crippen molar-refractivity contribution in [3.63, 3.8) is 0 Å². The summed E-state index contributed by atoms with van der Waals surface area (Å²) in [6.45, 7) is 1.91. The fourth-order valence-electron chi connectivity index (χ4n) is 1.71. The number of rotatable bonds is 4. The predicted molar refractivity (Wildman–Crippen MR) is 70.5 cm³/mol. The number of hydrogen-bond donors (Lipinski definition) is 1. The van der Waals surface area contributed by atoms with Crippen LogP contribution >= 0.6 is 11.3 Å². The Morgan fingerprint density at radius 3 is 2.61 bits per heavy atom. The van der Waals surface area contributed by atoms with E-state index in [1.165, 1.54) is 11.3 Å². The summed E-state index contributed by atoms with van der Waals surface area (Å²) in [7, 11) is 3.17. The molecule has 2 aromatic rings. The summed E-state index contributed by atoms with van der Waals surface area (Å²) in [5, 5.41) is 11.3. The summed E-state index contributed by atoms with van der Waals surface area (Å²) in [4.78, 5) is 4.94. The quantitative estimate of drug-likeness (QED) is 0.923. The van der Waals surface area contributed by atoms with E-state index in [1.807, 2.05) is 6.92 Å². The molecular weight excluding hydrogens is 250 g/mol. The van der Waals surface area contributed by atoms with Crippen LogP contribution in [-0.2, 0) is 0 Å². The lowest BCUT2D eigenvalue weighted by Crippen LogP contribution is -2.01. The molecule has 0 saturated heterocycles. The van der Waals surface area contributed by atoms with Crippen LogP contribution in [-0.4, -0.2) is 24.3 Å². The molecule has 1 N–H and O–H groups in total. The zero-order chi connectivity index (χ0) is 13.1. The molecule has 4 nitrogen and oxygen atoms in total. The molecule has 0 radical (unpaired) electrons. The first-order valence-corrected chi connectivity index (χ1v) is 6.29. The highest BCUT2D eigenvalue weighted by Gasteiger charge is 2.18. The molecule has 0 aliphatic rings. The van der Waals surface area contributed by atoms with Crippen molar-refractivity contribution < 1.29 is 14.6 Å². The van der Waals surface area contributed by atoms with Crippen LogP contribution in [0.2, 0.25) is 0 Å². The first-order chi connectivity index (χ1) is 8.65. The first kappa shape index (κ1) is 12.9. The molecule has 0 fully saturated rings. The van der Waals surface area contributed by atoms with Crippen molar-refractivity contribution in [1.82, 2.24) is 4.98 Å². The highest BCUT2D eigenvalue weighted by Crippen LogP contribution is 2.34. The number of aliphatic hydroxyl groups is 1. The summed E-state index contributed by atoms with van der Waals surface area (Å²) < 4.78 is 10.4. The molecule has 1 unspecified atom stereocenters. The summed E-state index contributed by atoms with van der Waals surface area (Å²) in [6.07, 6.45) is 0.935. The Morgan fingerprint density at radius 2 is 2.06 bits per heavy atom.